The van der Waals surface area contributed by atoms with Crippen LogP contribution in [0.25, 0.3) is 0 Å². The Labute approximate surface area is 112 Å². The predicted octanol–water partition coefficient (Wildman–Crippen LogP) is 2.99. The number of benzene rings is 1. The average Bonchev–Trinajstić information content (AvgIpc) is 2.83. The monoisotopic (exact) mass is 261 g/mol. The summed E-state index contributed by atoms with van der Waals surface area (Å²) in [6.45, 7) is 6.63. The SMILES string of the molecule is CC(C)(C)c1ccc(C(NN)c2cscn2)cc1. The Balaban J connectivity index is 2.28. The van der Waals surface area contributed by atoms with E-state index in [1.807, 2.05) is 10.9 Å². The van der Waals surface area contributed by atoms with E-state index < -0.39 is 0 Å². The summed E-state index contributed by atoms with van der Waals surface area (Å²) >= 11 is 1.58. The largest absolute Gasteiger partial charge is 0.271 e. The molecule has 2 aromatic rings. The van der Waals surface area contributed by atoms with Crippen LogP contribution in [0, 0.1) is 0 Å². The summed E-state index contributed by atoms with van der Waals surface area (Å²) in [4.78, 5) is 4.31. The van der Waals surface area contributed by atoms with Gasteiger partial charge in [-0.25, -0.2) is 10.4 Å². The van der Waals surface area contributed by atoms with Gasteiger partial charge in [0.25, 0.3) is 0 Å². The van der Waals surface area contributed by atoms with Crippen LogP contribution < -0.4 is 11.3 Å². The zero-order valence-corrected chi connectivity index (χ0v) is 11.8. The standard InChI is InChI=1S/C14H19N3S/c1-14(2,3)11-6-4-10(5-7-11)13(17-15)12-8-18-9-16-12/h4-9,13,17H,15H2,1-3H3. The van der Waals surface area contributed by atoms with Gasteiger partial charge in [-0.3, -0.25) is 5.84 Å². The summed E-state index contributed by atoms with van der Waals surface area (Å²) in [7, 11) is 0. The number of nitrogens with one attached hydrogen (secondary N) is 1. The highest BCUT2D eigenvalue weighted by molar-refractivity contribution is 7.07. The fraction of sp³-hybridized carbons (Fsp3) is 0.357. The number of rotatable bonds is 3. The number of hydrogen-bond acceptors (Lipinski definition) is 4. The number of aromatic nitrogens is 1. The highest BCUT2D eigenvalue weighted by Gasteiger charge is 2.17. The molecule has 3 nitrogen and oxygen atoms in total. The summed E-state index contributed by atoms with van der Waals surface area (Å²) < 4.78 is 0. The van der Waals surface area contributed by atoms with Gasteiger partial charge >= 0.3 is 0 Å². The molecular formula is C14H19N3S. The van der Waals surface area contributed by atoms with Gasteiger partial charge in [-0.15, -0.1) is 11.3 Å². The molecule has 0 aliphatic heterocycles. The van der Waals surface area contributed by atoms with Crippen molar-refractivity contribution in [1.82, 2.24) is 10.4 Å². The lowest BCUT2D eigenvalue weighted by Crippen LogP contribution is -2.29. The van der Waals surface area contributed by atoms with Gasteiger partial charge in [0.1, 0.15) is 0 Å². The molecule has 1 heterocycles. The normalized spacial score (nSPS) is 13.6. The molecule has 0 amide bonds. The number of hydrazine groups is 1. The minimum absolute atomic E-state index is 0.0368. The first-order valence-electron chi connectivity index (χ1n) is 5.97. The van der Waals surface area contributed by atoms with Gasteiger partial charge in [-0.2, -0.15) is 0 Å². The molecule has 0 spiro atoms. The van der Waals surface area contributed by atoms with Crippen LogP contribution in [0.15, 0.2) is 35.2 Å². The Kier molecular flexibility index (Phi) is 3.80. The summed E-state index contributed by atoms with van der Waals surface area (Å²) in [5, 5.41) is 2.02. The molecule has 3 N–H and O–H groups in total. The molecule has 1 atom stereocenters. The smallest absolute Gasteiger partial charge is 0.0889 e. The van der Waals surface area contributed by atoms with E-state index in [1.165, 1.54) is 5.56 Å². The molecule has 0 bridgehead atoms. The molecule has 0 saturated heterocycles. The quantitative estimate of drug-likeness (QED) is 0.659. The maximum atomic E-state index is 5.63. The Bertz CT molecular complexity index is 483. The van der Waals surface area contributed by atoms with Gasteiger partial charge in [0.15, 0.2) is 0 Å². The van der Waals surface area contributed by atoms with Crippen molar-refractivity contribution in [2.45, 2.75) is 32.2 Å². The molecule has 2 rings (SSSR count). The van der Waals surface area contributed by atoms with Crippen molar-refractivity contribution in [1.29, 1.82) is 0 Å². The number of nitrogens with two attached hydrogens (primary N) is 1. The fourth-order valence-corrected chi connectivity index (χ4v) is 2.47. The third kappa shape index (κ3) is 2.77. The average molecular weight is 261 g/mol. The van der Waals surface area contributed by atoms with Gasteiger partial charge in [0, 0.05) is 5.38 Å². The van der Waals surface area contributed by atoms with Gasteiger partial charge < -0.3 is 0 Å². The molecule has 0 radical (unpaired) electrons. The highest BCUT2D eigenvalue weighted by atomic mass is 32.1. The maximum absolute atomic E-state index is 5.63. The van der Waals surface area contributed by atoms with Crippen molar-refractivity contribution >= 4 is 11.3 Å². The minimum atomic E-state index is -0.0368. The van der Waals surface area contributed by atoms with E-state index in [0.29, 0.717) is 0 Å². The Morgan fingerprint density at radius 3 is 2.33 bits per heavy atom. The molecule has 18 heavy (non-hydrogen) atoms. The third-order valence-corrected chi connectivity index (χ3v) is 3.63. The van der Waals surface area contributed by atoms with E-state index in [-0.39, 0.29) is 11.5 Å². The van der Waals surface area contributed by atoms with Gasteiger partial charge in [0.05, 0.1) is 17.2 Å². The fourth-order valence-electron chi connectivity index (χ4n) is 1.89. The van der Waals surface area contributed by atoms with Crippen LogP contribution in [-0.2, 0) is 5.41 Å². The second-order valence-electron chi connectivity index (χ2n) is 5.38. The second kappa shape index (κ2) is 5.18. The van der Waals surface area contributed by atoms with E-state index in [4.69, 9.17) is 5.84 Å². The lowest BCUT2D eigenvalue weighted by atomic mass is 9.86. The van der Waals surface area contributed by atoms with Crippen molar-refractivity contribution in [3.05, 3.63) is 52.0 Å². The molecule has 0 aliphatic carbocycles. The number of hydrogen-bond donors (Lipinski definition) is 2. The molecule has 1 aromatic carbocycles. The predicted molar refractivity (Wildman–Crippen MR) is 76.4 cm³/mol. The van der Waals surface area contributed by atoms with Crippen LogP contribution in [0.5, 0.6) is 0 Å². The van der Waals surface area contributed by atoms with E-state index in [1.54, 1.807) is 11.3 Å². The first kappa shape index (κ1) is 13.2. The van der Waals surface area contributed by atoms with Crippen molar-refractivity contribution in [3.63, 3.8) is 0 Å². The lowest BCUT2D eigenvalue weighted by molar-refractivity contribution is 0.587. The summed E-state index contributed by atoms with van der Waals surface area (Å²) in [6, 6.07) is 8.51. The molecular weight excluding hydrogens is 242 g/mol. The van der Waals surface area contributed by atoms with E-state index in [2.05, 4.69) is 55.4 Å². The zero-order chi connectivity index (χ0) is 13.2. The van der Waals surface area contributed by atoms with Crippen molar-refractivity contribution in [3.8, 4) is 0 Å². The summed E-state index contributed by atoms with van der Waals surface area (Å²) in [6.07, 6.45) is 0. The molecule has 0 fully saturated rings. The highest BCUT2D eigenvalue weighted by Crippen LogP contribution is 2.26. The van der Waals surface area contributed by atoms with Crippen LogP contribution >= 0.6 is 11.3 Å². The van der Waals surface area contributed by atoms with Crippen LogP contribution in [0.1, 0.15) is 43.6 Å². The Morgan fingerprint density at radius 2 is 1.89 bits per heavy atom. The zero-order valence-electron chi connectivity index (χ0n) is 11.0. The van der Waals surface area contributed by atoms with Crippen LogP contribution in [0.3, 0.4) is 0 Å². The molecule has 0 saturated carbocycles. The lowest BCUT2D eigenvalue weighted by Gasteiger charge is -2.20. The van der Waals surface area contributed by atoms with Crippen molar-refractivity contribution in [2.24, 2.45) is 5.84 Å². The number of thiazole rings is 1. The first-order chi connectivity index (χ1) is 8.52. The van der Waals surface area contributed by atoms with E-state index in [9.17, 15) is 0 Å². The Morgan fingerprint density at radius 1 is 1.22 bits per heavy atom. The van der Waals surface area contributed by atoms with Crippen LogP contribution in [0.4, 0.5) is 0 Å². The van der Waals surface area contributed by atoms with Gasteiger partial charge in [0.2, 0.25) is 0 Å². The summed E-state index contributed by atoms with van der Waals surface area (Å²) in [5.74, 6) is 5.63. The minimum Gasteiger partial charge on any atom is -0.271 e. The molecule has 1 unspecified atom stereocenters. The van der Waals surface area contributed by atoms with Crippen LogP contribution in [-0.4, -0.2) is 4.98 Å². The molecule has 96 valence electrons. The van der Waals surface area contributed by atoms with Crippen molar-refractivity contribution in [2.75, 3.05) is 0 Å². The molecule has 4 heteroatoms. The van der Waals surface area contributed by atoms with E-state index >= 15 is 0 Å². The molecule has 0 aliphatic rings. The molecule has 1 aromatic heterocycles. The maximum Gasteiger partial charge on any atom is 0.0889 e. The Hall–Kier alpha value is -1.23. The van der Waals surface area contributed by atoms with Crippen LogP contribution in [0.2, 0.25) is 0 Å². The third-order valence-electron chi connectivity index (χ3n) is 3.02. The van der Waals surface area contributed by atoms with Gasteiger partial charge in [-0.1, -0.05) is 45.0 Å². The van der Waals surface area contributed by atoms with E-state index in [0.717, 1.165) is 11.3 Å². The topological polar surface area (TPSA) is 50.9 Å². The van der Waals surface area contributed by atoms with Gasteiger partial charge in [-0.05, 0) is 16.5 Å². The first-order valence-corrected chi connectivity index (χ1v) is 6.91. The van der Waals surface area contributed by atoms with Crippen molar-refractivity contribution < 1.29 is 0 Å². The number of nitrogens with zero attached hydrogens (tertiary/aromatic N) is 1. The summed E-state index contributed by atoms with van der Waals surface area (Å²) in [5.41, 5.74) is 8.24. The second-order valence-corrected chi connectivity index (χ2v) is 6.10.